The van der Waals surface area contributed by atoms with E-state index in [2.05, 4.69) is 0 Å². The second kappa shape index (κ2) is 5.80. The molecule has 4 nitrogen and oxygen atoms in total. The van der Waals surface area contributed by atoms with Crippen molar-refractivity contribution in [1.29, 1.82) is 0 Å². The van der Waals surface area contributed by atoms with Gasteiger partial charge in [0.2, 0.25) is 0 Å². The number of nitrogens with zero attached hydrogens (tertiary/aromatic N) is 1. The van der Waals surface area contributed by atoms with Gasteiger partial charge in [-0.3, -0.25) is 4.79 Å². The number of methoxy groups -OCH3 is 2. The zero-order valence-electron chi connectivity index (χ0n) is 11.0. The molecule has 0 unspecified atom stereocenters. The van der Waals surface area contributed by atoms with Gasteiger partial charge in [-0.25, -0.2) is 13.2 Å². The van der Waals surface area contributed by atoms with Crippen LogP contribution in [0, 0.1) is 17.5 Å². The number of carbonyl (C=O) groups excluding carboxylic acids is 1. The molecule has 0 bridgehead atoms. The molecule has 1 fully saturated rings. The van der Waals surface area contributed by atoms with Gasteiger partial charge in [-0.05, 0) is 0 Å². The Morgan fingerprint density at radius 3 is 1.95 bits per heavy atom. The molecule has 1 aromatic carbocycles. The summed E-state index contributed by atoms with van der Waals surface area (Å²) in [5, 5.41) is 0. The lowest BCUT2D eigenvalue weighted by molar-refractivity contribution is -0.00461. The molecule has 2 atom stereocenters. The number of hydrogen-bond donors (Lipinski definition) is 0. The third kappa shape index (κ3) is 2.64. The summed E-state index contributed by atoms with van der Waals surface area (Å²) >= 11 is 0. The Bertz CT molecular complexity index is 489. The van der Waals surface area contributed by atoms with E-state index in [-0.39, 0.29) is 25.3 Å². The fourth-order valence-corrected chi connectivity index (χ4v) is 2.27. The summed E-state index contributed by atoms with van der Waals surface area (Å²) in [6.07, 6.45) is -0.731. The highest BCUT2D eigenvalue weighted by atomic mass is 19.1. The van der Waals surface area contributed by atoms with Gasteiger partial charge < -0.3 is 14.4 Å². The average Bonchev–Trinajstić information content (AvgIpc) is 2.80. The van der Waals surface area contributed by atoms with Gasteiger partial charge in [0.1, 0.15) is 35.2 Å². The molecule has 0 aromatic heterocycles. The molecule has 1 aliphatic rings. The Morgan fingerprint density at radius 1 is 1.10 bits per heavy atom. The van der Waals surface area contributed by atoms with Crippen molar-refractivity contribution >= 4 is 5.91 Å². The van der Waals surface area contributed by atoms with E-state index < -0.39 is 28.9 Å². The molecule has 0 radical (unpaired) electrons. The highest BCUT2D eigenvalue weighted by molar-refractivity contribution is 5.95. The Hall–Kier alpha value is -1.60. The topological polar surface area (TPSA) is 38.8 Å². The Kier molecular flexibility index (Phi) is 4.29. The summed E-state index contributed by atoms with van der Waals surface area (Å²) < 4.78 is 50.3. The Balaban J connectivity index is 2.25. The van der Waals surface area contributed by atoms with E-state index in [4.69, 9.17) is 9.47 Å². The normalized spacial score (nSPS) is 22.4. The quantitative estimate of drug-likeness (QED) is 0.848. The minimum Gasteiger partial charge on any atom is -0.377 e. The highest BCUT2D eigenvalue weighted by Gasteiger charge is 2.37. The van der Waals surface area contributed by atoms with Gasteiger partial charge in [-0.2, -0.15) is 0 Å². The van der Waals surface area contributed by atoms with Crippen molar-refractivity contribution in [2.45, 2.75) is 12.2 Å². The van der Waals surface area contributed by atoms with Gasteiger partial charge in [0.25, 0.3) is 5.91 Å². The van der Waals surface area contributed by atoms with Crippen LogP contribution in [0.25, 0.3) is 0 Å². The minimum atomic E-state index is -1.22. The molecule has 7 heteroatoms. The summed E-state index contributed by atoms with van der Waals surface area (Å²) in [5.41, 5.74) is -0.766. The molecular formula is C13H14F3NO3. The maximum absolute atomic E-state index is 13.6. The smallest absolute Gasteiger partial charge is 0.260 e. The third-order valence-electron chi connectivity index (χ3n) is 3.33. The van der Waals surface area contributed by atoms with Crippen molar-refractivity contribution < 1.29 is 27.4 Å². The maximum Gasteiger partial charge on any atom is 0.260 e. The van der Waals surface area contributed by atoms with Crippen molar-refractivity contribution in [3.63, 3.8) is 0 Å². The van der Waals surface area contributed by atoms with E-state index in [1.165, 1.54) is 19.1 Å². The number of carbonyl (C=O) groups is 1. The van der Waals surface area contributed by atoms with Crippen molar-refractivity contribution in [1.82, 2.24) is 4.90 Å². The van der Waals surface area contributed by atoms with Crippen LogP contribution in [-0.2, 0) is 9.47 Å². The Morgan fingerprint density at radius 2 is 1.55 bits per heavy atom. The molecule has 1 saturated heterocycles. The van der Waals surface area contributed by atoms with E-state index in [1.54, 1.807) is 0 Å². The predicted molar refractivity (Wildman–Crippen MR) is 63.8 cm³/mol. The van der Waals surface area contributed by atoms with Crippen LogP contribution in [0.1, 0.15) is 10.4 Å². The van der Waals surface area contributed by atoms with Crippen molar-refractivity contribution in [3.8, 4) is 0 Å². The third-order valence-corrected chi connectivity index (χ3v) is 3.33. The lowest BCUT2D eigenvalue weighted by atomic mass is 10.1. The van der Waals surface area contributed by atoms with Crippen LogP contribution in [-0.4, -0.2) is 50.3 Å². The summed E-state index contributed by atoms with van der Waals surface area (Å²) in [6.45, 7) is 0.314. The van der Waals surface area contributed by atoms with Gasteiger partial charge in [0, 0.05) is 39.4 Å². The summed E-state index contributed by atoms with van der Waals surface area (Å²) in [5.74, 6) is -4.35. The maximum atomic E-state index is 13.6. The molecule has 0 saturated carbocycles. The van der Waals surface area contributed by atoms with E-state index in [0.717, 1.165) is 0 Å². The van der Waals surface area contributed by atoms with E-state index in [1.807, 2.05) is 0 Å². The van der Waals surface area contributed by atoms with Crippen LogP contribution in [0.3, 0.4) is 0 Å². The van der Waals surface area contributed by atoms with Crippen LogP contribution < -0.4 is 0 Å². The van der Waals surface area contributed by atoms with Crippen LogP contribution in [0.4, 0.5) is 13.2 Å². The zero-order chi connectivity index (χ0) is 14.9. The zero-order valence-corrected chi connectivity index (χ0v) is 11.0. The van der Waals surface area contributed by atoms with Crippen molar-refractivity contribution in [2.24, 2.45) is 0 Å². The molecule has 1 aromatic rings. The van der Waals surface area contributed by atoms with Gasteiger partial charge in [-0.15, -0.1) is 0 Å². The number of halogens is 3. The predicted octanol–water partition coefficient (Wildman–Crippen LogP) is 1.59. The van der Waals surface area contributed by atoms with E-state index in [9.17, 15) is 18.0 Å². The molecule has 110 valence electrons. The minimum absolute atomic E-state index is 0.157. The van der Waals surface area contributed by atoms with Gasteiger partial charge in [0.15, 0.2) is 0 Å². The standard InChI is InChI=1S/C13H14F3NO3/c1-19-10-5-17(6-11(10)20-2)13(18)12-8(15)3-7(14)4-9(12)16/h3-4,10-11H,5-6H2,1-2H3/t10-,11+. The molecule has 1 heterocycles. The number of likely N-dealkylation sites (tertiary alicyclic amines) is 1. The first-order chi connectivity index (χ1) is 9.47. The molecular weight excluding hydrogens is 275 g/mol. The molecule has 1 aliphatic heterocycles. The SMILES string of the molecule is CO[C@H]1CN(C(=O)c2c(F)cc(F)cc2F)C[C@H]1OC. The molecule has 0 aliphatic carbocycles. The second-order valence-electron chi connectivity index (χ2n) is 4.50. The molecule has 20 heavy (non-hydrogen) atoms. The van der Waals surface area contributed by atoms with Crippen LogP contribution >= 0.6 is 0 Å². The van der Waals surface area contributed by atoms with E-state index in [0.29, 0.717) is 12.1 Å². The summed E-state index contributed by atoms with van der Waals surface area (Å²) in [7, 11) is 2.92. The van der Waals surface area contributed by atoms with Crippen molar-refractivity contribution in [2.75, 3.05) is 27.3 Å². The lowest BCUT2D eigenvalue weighted by Gasteiger charge is -2.16. The molecule has 0 spiro atoms. The first kappa shape index (κ1) is 14.8. The van der Waals surface area contributed by atoms with Crippen LogP contribution in [0.15, 0.2) is 12.1 Å². The number of hydrogen-bond acceptors (Lipinski definition) is 3. The molecule has 2 rings (SSSR count). The van der Waals surface area contributed by atoms with Gasteiger partial charge in [0.05, 0.1) is 0 Å². The molecule has 1 amide bonds. The summed E-state index contributed by atoms with van der Waals surface area (Å²) in [6, 6.07) is 0.960. The number of rotatable bonds is 3. The number of amides is 1. The first-order valence-electron chi connectivity index (χ1n) is 5.97. The van der Waals surface area contributed by atoms with Crippen LogP contribution in [0.2, 0.25) is 0 Å². The molecule has 0 N–H and O–H groups in total. The second-order valence-corrected chi connectivity index (χ2v) is 4.50. The monoisotopic (exact) mass is 289 g/mol. The average molecular weight is 289 g/mol. The highest BCUT2D eigenvalue weighted by Crippen LogP contribution is 2.22. The Labute approximate surface area is 114 Å². The van der Waals surface area contributed by atoms with Crippen molar-refractivity contribution in [3.05, 3.63) is 35.1 Å². The van der Waals surface area contributed by atoms with E-state index >= 15 is 0 Å². The fourth-order valence-electron chi connectivity index (χ4n) is 2.27. The largest absolute Gasteiger partial charge is 0.377 e. The van der Waals surface area contributed by atoms with Gasteiger partial charge >= 0.3 is 0 Å². The summed E-state index contributed by atoms with van der Waals surface area (Å²) in [4.78, 5) is 13.4. The first-order valence-corrected chi connectivity index (χ1v) is 5.97. The van der Waals surface area contributed by atoms with Gasteiger partial charge in [-0.1, -0.05) is 0 Å². The fraction of sp³-hybridized carbons (Fsp3) is 0.462. The lowest BCUT2D eigenvalue weighted by Crippen LogP contribution is -2.31. The number of benzene rings is 1. The van der Waals surface area contributed by atoms with Crippen LogP contribution in [0.5, 0.6) is 0 Å². The number of ether oxygens (including phenoxy) is 2.